The fourth-order valence-electron chi connectivity index (χ4n) is 18.4. The van der Waals surface area contributed by atoms with E-state index in [1.54, 1.807) is 18.2 Å². The van der Waals surface area contributed by atoms with Gasteiger partial charge in [-0.2, -0.15) is 10.5 Å². The van der Waals surface area contributed by atoms with Crippen LogP contribution < -0.4 is 0 Å². The van der Waals surface area contributed by atoms with Gasteiger partial charge in [0, 0.05) is 61.2 Å². The summed E-state index contributed by atoms with van der Waals surface area (Å²) in [6.07, 6.45) is 0. The van der Waals surface area contributed by atoms with Gasteiger partial charge in [-0.25, -0.2) is 64.2 Å². The Balaban J connectivity index is 0.000000127. The second-order valence-electron chi connectivity index (χ2n) is 35.8. The molecule has 0 radical (unpaired) electrons. The van der Waals surface area contributed by atoms with Crippen LogP contribution in [-0.2, 0) is 0 Å². The standard InChI is InChI=1S/3C45H27N5/c1-46-39-26-38(27-40(29-39)47-2)31-16-20-33(21-17-31)41-15-9-14-32-22-25-37(28-42(32)41)30-18-23-36(24-19-30)45-49-43(34-10-5-3-6-11-34)48-44(50-45)35-12-7-4-8-13-35;1-47-42-25-30(29-46)24-40(28-42)33-14-12-31(13-15-33)38-22-18-34-19-23-39(27-41(34)26-38)32-16-20-37(21-17-32)45-49-43(35-8-4-2-5-9-35)48-44(50-45)36-10-6-3-7-11-36;1-47-42-25-30(29-46)24-41(28-42)33-14-12-31(13-15-33)37-20-22-40-27-38(21-23-39(40)26-37)32-16-18-36(19-17-32)45-49-43(34-8-4-2-5-9-34)48-44(50-45)35-10-6-3-7-11-35/h3-29H;2*2-28H. The van der Waals surface area contributed by atoms with Crippen molar-refractivity contribution in [2.75, 3.05) is 0 Å². The number of benzene rings is 21. The van der Waals surface area contributed by atoms with Crippen LogP contribution in [0.3, 0.4) is 0 Å². The predicted octanol–water partition coefficient (Wildman–Crippen LogP) is 35.0. The molecule has 0 N–H and O–H groups in total. The fourth-order valence-corrected chi connectivity index (χ4v) is 18.4. The largest absolute Gasteiger partial charge is 0.239 e. The molecule has 696 valence electrons. The zero-order chi connectivity index (χ0) is 102. The lowest BCUT2D eigenvalue weighted by Gasteiger charge is -2.12. The number of nitriles is 2. The van der Waals surface area contributed by atoms with Crippen LogP contribution in [0.2, 0.25) is 0 Å². The number of hydrogen-bond acceptors (Lipinski definition) is 11. The van der Waals surface area contributed by atoms with E-state index in [0.717, 1.165) is 183 Å². The minimum Gasteiger partial charge on any atom is -0.239 e. The molecule has 0 bridgehead atoms. The quantitative estimate of drug-likeness (QED) is 0.0746. The summed E-state index contributed by atoms with van der Waals surface area (Å²) in [6, 6.07) is 169. The van der Waals surface area contributed by atoms with Crippen LogP contribution in [0.5, 0.6) is 0 Å². The Labute approximate surface area is 867 Å². The molecule has 0 unspecified atom stereocenters. The van der Waals surface area contributed by atoms with Crippen LogP contribution in [-0.4, -0.2) is 44.9 Å². The van der Waals surface area contributed by atoms with Crippen LogP contribution >= 0.6 is 0 Å². The lowest BCUT2D eigenvalue weighted by molar-refractivity contribution is 1.07. The zero-order valence-corrected chi connectivity index (χ0v) is 80.5. The lowest BCUT2D eigenvalue weighted by atomic mass is 9.93. The Bertz CT molecular complexity index is 9220. The first-order valence-electron chi connectivity index (χ1n) is 48.5. The SMILES string of the molecule is [C-]#[N+]c1cc(C#N)cc(-c2ccc(-c3ccc4cc(-c5ccc(-c6nc(-c7ccccc7)nc(-c7ccccc7)n6)cc5)ccc4c3)cc2)c1.[C-]#[N+]c1cc(C#N)cc(-c2ccc(-c3ccc4ccc(-c5ccc(-c6nc(-c7ccccc7)nc(-c7ccccc7)n6)cc5)cc4c3)cc2)c1.[C-]#[N+]c1cc([N+]#[C-])cc(-c2ccc(-c3cccc4ccc(-c5ccc(-c6nc(-c7ccccc7)nc(-c7ccccc7)n6)cc5)cc34)cc2)c1. The maximum absolute atomic E-state index is 9.39. The van der Waals surface area contributed by atoms with Gasteiger partial charge in [0.25, 0.3) is 0 Å². The minimum atomic E-state index is 0.461. The molecule has 0 aliphatic carbocycles. The second-order valence-corrected chi connectivity index (χ2v) is 35.8. The van der Waals surface area contributed by atoms with Crippen LogP contribution in [0.4, 0.5) is 22.7 Å². The smallest absolute Gasteiger partial charge is 0.189 e. The third-order valence-corrected chi connectivity index (χ3v) is 26.2. The Hall–Kier alpha value is -21.6. The van der Waals surface area contributed by atoms with Crippen LogP contribution in [0.15, 0.2) is 491 Å². The summed E-state index contributed by atoms with van der Waals surface area (Å²) >= 11 is 0. The Morgan fingerprint density at radius 3 is 0.620 bits per heavy atom. The molecule has 0 aliphatic heterocycles. The Morgan fingerprint density at radius 1 is 0.147 bits per heavy atom. The van der Waals surface area contributed by atoms with Crippen molar-refractivity contribution in [1.29, 1.82) is 10.5 Å². The van der Waals surface area contributed by atoms with E-state index >= 15 is 0 Å². The van der Waals surface area contributed by atoms with Crippen LogP contribution in [0.25, 0.3) is 254 Å². The van der Waals surface area contributed by atoms with Crippen molar-refractivity contribution in [3.8, 4) is 215 Å². The van der Waals surface area contributed by atoms with Gasteiger partial charge >= 0.3 is 0 Å². The van der Waals surface area contributed by atoms with Gasteiger partial charge < -0.3 is 0 Å². The number of aromatic nitrogens is 9. The number of fused-ring (bicyclic) bond motifs is 3. The van der Waals surface area contributed by atoms with Crippen molar-refractivity contribution in [3.63, 3.8) is 0 Å². The van der Waals surface area contributed by atoms with Gasteiger partial charge in [0.2, 0.25) is 0 Å². The highest BCUT2D eigenvalue weighted by Gasteiger charge is 2.21. The molecule has 0 fully saturated rings. The predicted molar refractivity (Wildman–Crippen MR) is 604 cm³/mol. The van der Waals surface area contributed by atoms with E-state index in [4.69, 9.17) is 71.1 Å². The Kier molecular flexibility index (Phi) is 26.5. The van der Waals surface area contributed by atoms with E-state index in [0.29, 0.717) is 86.3 Å². The van der Waals surface area contributed by atoms with Crippen molar-refractivity contribution >= 4 is 55.1 Å². The molecule has 15 heteroatoms. The van der Waals surface area contributed by atoms with Crippen LogP contribution in [0.1, 0.15) is 11.1 Å². The first-order chi connectivity index (χ1) is 73.9. The summed E-state index contributed by atoms with van der Waals surface area (Å²) < 4.78 is 0. The molecule has 0 aliphatic rings. The maximum atomic E-state index is 9.39. The lowest BCUT2D eigenvalue weighted by Crippen LogP contribution is -2.00. The molecule has 0 saturated carbocycles. The highest BCUT2D eigenvalue weighted by molar-refractivity contribution is 6.00. The highest BCUT2D eigenvalue weighted by Crippen LogP contribution is 2.42. The topological polar surface area (TPSA) is 181 Å². The first kappa shape index (κ1) is 93.3. The molecule has 24 rings (SSSR count). The van der Waals surface area contributed by atoms with Gasteiger partial charge in [0.05, 0.1) is 38.4 Å². The molecule has 3 heterocycles. The van der Waals surface area contributed by atoms with Gasteiger partial charge in [-0.15, -0.1) is 0 Å². The molecule has 0 atom stereocenters. The monoisotopic (exact) mass is 1910 g/mol. The first-order valence-corrected chi connectivity index (χ1v) is 48.5. The Morgan fingerprint density at radius 2 is 0.353 bits per heavy atom. The van der Waals surface area contributed by atoms with E-state index < -0.39 is 0 Å². The van der Waals surface area contributed by atoms with Gasteiger partial charge in [0.15, 0.2) is 75.2 Å². The molecule has 15 nitrogen and oxygen atoms in total. The van der Waals surface area contributed by atoms with Gasteiger partial charge in [0.1, 0.15) is 0 Å². The van der Waals surface area contributed by atoms with Crippen molar-refractivity contribution in [2.45, 2.75) is 0 Å². The molecular formula is C135H81N15. The van der Waals surface area contributed by atoms with E-state index in [-0.39, 0.29) is 0 Å². The maximum Gasteiger partial charge on any atom is 0.189 e. The molecule has 0 spiro atoms. The summed E-state index contributed by atoms with van der Waals surface area (Å²) in [7, 11) is 0. The number of hydrogen-bond donors (Lipinski definition) is 0. The van der Waals surface area contributed by atoms with Crippen LogP contribution in [0, 0.1) is 49.0 Å². The van der Waals surface area contributed by atoms with Crippen molar-refractivity contribution in [2.24, 2.45) is 0 Å². The van der Waals surface area contributed by atoms with Gasteiger partial charge in [-0.3, -0.25) is 0 Å². The van der Waals surface area contributed by atoms with E-state index in [1.807, 2.05) is 243 Å². The minimum absolute atomic E-state index is 0.461. The van der Waals surface area contributed by atoms with E-state index in [1.165, 1.54) is 0 Å². The normalized spacial score (nSPS) is 10.8. The molecule has 150 heavy (non-hydrogen) atoms. The second kappa shape index (κ2) is 42.7. The van der Waals surface area contributed by atoms with E-state index in [9.17, 15) is 10.5 Å². The van der Waals surface area contributed by atoms with Crippen molar-refractivity contribution in [3.05, 3.63) is 548 Å². The van der Waals surface area contributed by atoms with Crippen molar-refractivity contribution in [1.82, 2.24) is 44.9 Å². The zero-order valence-electron chi connectivity index (χ0n) is 80.5. The highest BCUT2D eigenvalue weighted by atomic mass is 15.1. The summed E-state index contributed by atoms with van der Waals surface area (Å²) in [4.78, 5) is 57.8. The van der Waals surface area contributed by atoms with Gasteiger partial charge in [-0.1, -0.05) is 425 Å². The molecular weight excluding hydrogens is 1830 g/mol. The number of nitrogens with zero attached hydrogens (tertiary/aromatic N) is 15. The third kappa shape index (κ3) is 20.8. The summed E-state index contributed by atoms with van der Waals surface area (Å²) in [6.45, 7) is 29.6. The molecule has 0 saturated heterocycles. The van der Waals surface area contributed by atoms with E-state index in [2.05, 4.69) is 262 Å². The summed E-state index contributed by atoms with van der Waals surface area (Å²) in [5, 5.41) is 25.7. The van der Waals surface area contributed by atoms with Gasteiger partial charge in [-0.05, 0) is 199 Å². The number of rotatable bonds is 18. The average Bonchev–Trinajstić information content (AvgIpc) is 0.790. The fraction of sp³-hybridized carbons (Fsp3) is 0. The molecule has 0 amide bonds. The molecule has 21 aromatic carbocycles. The van der Waals surface area contributed by atoms with Crippen molar-refractivity contribution < 1.29 is 0 Å². The molecule has 24 aromatic rings. The third-order valence-electron chi connectivity index (χ3n) is 26.2. The summed E-state index contributed by atoms with van der Waals surface area (Å²) in [5.74, 6) is 5.72. The average molecular weight is 1910 g/mol. The summed E-state index contributed by atoms with van der Waals surface area (Å²) in [5.41, 5.74) is 30.0. The molecule has 3 aromatic heterocycles.